The fourth-order valence-corrected chi connectivity index (χ4v) is 4.03. The fourth-order valence-electron chi connectivity index (χ4n) is 4.03. The molecular weight excluding hydrogens is 234 g/mol. The largest absolute Gasteiger partial charge is 0.383 e. The standard InChI is InChI=1S/C16H23N3/c1-2-6-16-13(4-1)10-15(11-17-16)19-9-8-18-7-3-5-14(18)12-19/h1-2,4,6,14-15,17H,3,5,7-12H2. The summed E-state index contributed by atoms with van der Waals surface area (Å²) in [5.41, 5.74) is 2.84. The molecular formula is C16H23N3. The third-order valence-corrected chi connectivity index (χ3v) is 5.14. The molecule has 19 heavy (non-hydrogen) atoms. The summed E-state index contributed by atoms with van der Waals surface area (Å²) in [5, 5.41) is 3.61. The highest BCUT2D eigenvalue weighted by Crippen LogP contribution is 2.27. The van der Waals surface area contributed by atoms with Crippen molar-refractivity contribution >= 4 is 5.69 Å². The van der Waals surface area contributed by atoms with Crippen molar-refractivity contribution in [1.82, 2.24) is 9.80 Å². The molecule has 3 heterocycles. The Hall–Kier alpha value is -1.06. The van der Waals surface area contributed by atoms with Crippen LogP contribution in [0.4, 0.5) is 5.69 Å². The molecule has 3 aliphatic heterocycles. The van der Waals surface area contributed by atoms with Gasteiger partial charge in [0.15, 0.2) is 0 Å². The topological polar surface area (TPSA) is 18.5 Å². The van der Waals surface area contributed by atoms with Gasteiger partial charge in [0.05, 0.1) is 0 Å². The quantitative estimate of drug-likeness (QED) is 0.827. The summed E-state index contributed by atoms with van der Waals surface area (Å²) in [6.07, 6.45) is 4.04. The zero-order valence-corrected chi connectivity index (χ0v) is 11.5. The smallest absolute Gasteiger partial charge is 0.0373 e. The number of hydrogen-bond acceptors (Lipinski definition) is 3. The van der Waals surface area contributed by atoms with E-state index in [1.54, 1.807) is 0 Å². The van der Waals surface area contributed by atoms with E-state index in [1.165, 1.54) is 56.7 Å². The van der Waals surface area contributed by atoms with Gasteiger partial charge in [-0.1, -0.05) is 18.2 Å². The van der Waals surface area contributed by atoms with E-state index in [0.29, 0.717) is 6.04 Å². The molecule has 2 fully saturated rings. The van der Waals surface area contributed by atoms with Gasteiger partial charge in [0, 0.05) is 44.0 Å². The van der Waals surface area contributed by atoms with E-state index in [1.807, 2.05) is 0 Å². The number of benzene rings is 1. The summed E-state index contributed by atoms with van der Waals surface area (Å²) in [7, 11) is 0. The van der Waals surface area contributed by atoms with E-state index in [9.17, 15) is 0 Å². The van der Waals surface area contributed by atoms with Gasteiger partial charge in [-0.15, -0.1) is 0 Å². The second-order valence-electron chi connectivity index (χ2n) is 6.22. The maximum atomic E-state index is 3.61. The van der Waals surface area contributed by atoms with E-state index in [2.05, 4.69) is 39.4 Å². The van der Waals surface area contributed by atoms with Crippen LogP contribution < -0.4 is 5.32 Å². The van der Waals surface area contributed by atoms with Crippen LogP contribution in [0.5, 0.6) is 0 Å². The Kier molecular flexibility index (Phi) is 2.97. The van der Waals surface area contributed by atoms with Crippen molar-refractivity contribution in [1.29, 1.82) is 0 Å². The molecule has 2 unspecified atom stereocenters. The Morgan fingerprint density at radius 1 is 1.00 bits per heavy atom. The highest BCUT2D eigenvalue weighted by Gasteiger charge is 2.34. The molecule has 0 bridgehead atoms. The van der Waals surface area contributed by atoms with Crippen LogP contribution in [0.25, 0.3) is 0 Å². The third kappa shape index (κ3) is 2.15. The predicted molar refractivity (Wildman–Crippen MR) is 78.6 cm³/mol. The minimum Gasteiger partial charge on any atom is -0.383 e. The minimum atomic E-state index is 0.692. The molecule has 0 aromatic heterocycles. The van der Waals surface area contributed by atoms with E-state index in [-0.39, 0.29) is 0 Å². The van der Waals surface area contributed by atoms with Gasteiger partial charge >= 0.3 is 0 Å². The zero-order valence-electron chi connectivity index (χ0n) is 11.5. The number of nitrogens with one attached hydrogen (secondary N) is 1. The monoisotopic (exact) mass is 257 g/mol. The molecule has 0 amide bonds. The first-order chi connectivity index (χ1) is 9.40. The first-order valence-corrected chi connectivity index (χ1v) is 7.70. The van der Waals surface area contributed by atoms with Gasteiger partial charge in [-0.3, -0.25) is 9.80 Å². The summed E-state index contributed by atoms with van der Waals surface area (Å²) in [6, 6.07) is 10.3. The van der Waals surface area contributed by atoms with Gasteiger partial charge in [0.2, 0.25) is 0 Å². The highest BCUT2D eigenvalue weighted by atomic mass is 15.3. The number of para-hydroxylation sites is 1. The fraction of sp³-hybridized carbons (Fsp3) is 0.625. The highest BCUT2D eigenvalue weighted by molar-refractivity contribution is 5.53. The van der Waals surface area contributed by atoms with Gasteiger partial charge in [-0.2, -0.15) is 0 Å². The normalized spacial score (nSPS) is 31.6. The van der Waals surface area contributed by atoms with E-state index in [4.69, 9.17) is 0 Å². The zero-order chi connectivity index (χ0) is 12.7. The Morgan fingerprint density at radius 2 is 1.89 bits per heavy atom. The molecule has 0 spiro atoms. The molecule has 2 saturated heterocycles. The number of anilines is 1. The molecule has 2 atom stereocenters. The van der Waals surface area contributed by atoms with E-state index < -0.39 is 0 Å². The van der Waals surface area contributed by atoms with Crippen LogP contribution in [-0.4, -0.2) is 54.6 Å². The van der Waals surface area contributed by atoms with Gasteiger partial charge in [-0.25, -0.2) is 0 Å². The summed E-state index contributed by atoms with van der Waals surface area (Å²) in [4.78, 5) is 5.43. The lowest BCUT2D eigenvalue weighted by molar-refractivity contribution is 0.0743. The van der Waals surface area contributed by atoms with Crippen molar-refractivity contribution in [3.8, 4) is 0 Å². The number of rotatable bonds is 1. The van der Waals surface area contributed by atoms with Crippen molar-refractivity contribution in [2.45, 2.75) is 31.3 Å². The van der Waals surface area contributed by atoms with Crippen molar-refractivity contribution in [2.24, 2.45) is 0 Å². The Labute approximate surface area is 115 Å². The molecule has 3 heteroatoms. The number of hydrogen-bond donors (Lipinski definition) is 1. The average Bonchev–Trinajstić information content (AvgIpc) is 2.94. The SMILES string of the molecule is c1ccc2c(c1)CC(N1CCN3CCCC3C1)CN2. The van der Waals surface area contributed by atoms with Gasteiger partial charge in [-0.05, 0) is 37.4 Å². The van der Waals surface area contributed by atoms with Crippen LogP contribution in [0.1, 0.15) is 18.4 Å². The van der Waals surface area contributed by atoms with Crippen LogP contribution in [0.2, 0.25) is 0 Å². The molecule has 1 aromatic carbocycles. The predicted octanol–water partition coefficient (Wildman–Crippen LogP) is 1.80. The van der Waals surface area contributed by atoms with Crippen molar-refractivity contribution in [3.05, 3.63) is 29.8 Å². The molecule has 3 aliphatic rings. The molecule has 0 aliphatic carbocycles. The lowest BCUT2D eigenvalue weighted by Crippen LogP contribution is -2.56. The summed E-state index contributed by atoms with van der Waals surface area (Å²) < 4.78 is 0. The number of fused-ring (bicyclic) bond motifs is 2. The summed E-state index contributed by atoms with van der Waals surface area (Å²) in [5.74, 6) is 0. The first kappa shape index (κ1) is 11.7. The molecule has 4 rings (SSSR count). The minimum absolute atomic E-state index is 0.692. The lowest BCUT2D eigenvalue weighted by atomic mass is 9.97. The van der Waals surface area contributed by atoms with Crippen molar-refractivity contribution in [2.75, 3.05) is 38.0 Å². The van der Waals surface area contributed by atoms with Crippen LogP contribution in [0.15, 0.2) is 24.3 Å². The molecule has 102 valence electrons. The number of nitrogens with zero attached hydrogens (tertiary/aromatic N) is 2. The Balaban J connectivity index is 1.46. The van der Waals surface area contributed by atoms with Gasteiger partial charge < -0.3 is 5.32 Å². The Bertz CT molecular complexity index is 459. The third-order valence-electron chi connectivity index (χ3n) is 5.14. The van der Waals surface area contributed by atoms with Crippen LogP contribution in [0, 0.1) is 0 Å². The molecule has 0 radical (unpaired) electrons. The second-order valence-corrected chi connectivity index (χ2v) is 6.22. The average molecular weight is 257 g/mol. The maximum Gasteiger partial charge on any atom is 0.0373 e. The Morgan fingerprint density at radius 3 is 2.89 bits per heavy atom. The van der Waals surface area contributed by atoms with Crippen molar-refractivity contribution < 1.29 is 0 Å². The van der Waals surface area contributed by atoms with Crippen LogP contribution in [-0.2, 0) is 6.42 Å². The van der Waals surface area contributed by atoms with Crippen molar-refractivity contribution in [3.63, 3.8) is 0 Å². The molecule has 0 saturated carbocycles. The van der Waals surface area contributed by atoms with Gasteiger partial charge in [0.1, 0.15) is 0 Å². The second kappa shape index (κ2) is 4.80. The van der Waals surface area contributed by atoms with Crippen LogP contribution in [0.3, 0.4) is 0 Å². The maximum absolute atomic E-state index is 3.61. The van der Waals surface area contributed by atoms with E-state index in [0.717, 1.165) is 12.6 Å². The molecule has 1 aromatic rings. The number of piperazine rings is 1. The summed E-state index contributed by atoms with van der Waals surface area (Å²) >= 11 is 0. The van der Waals surface area contributed by atoms with Gasteiger partial charge in [0.25, 0.3) is 0 Å². The first-order valence-electron chi connectivity index (χ1n) is 7.70. The molecule has 1 N–H and O–H groups in total. The van der Waals surface area contributed by atoms with Crippen LogP contribution >= 0.6 is 0 Å². The molecule has 3 nitrogen and oxygen atoms in total. The lowest BCUT2D eigenvalue weighted by Gasteiger charge is -2.43. The van der Waals surface area contributed by atoms with E-state index >= 15 is 0 Å². The summed E-state index contributed by atoms with van der Waals surface area (Å²) in [6.45, 7) is 6.27.